The van der Waals surface area contributed by atoms with Gasteiger partial charge in [-0.25, -0.2) is 0 Å². The summed E-state index contributed by atoms with van der Waals surface area (Å²) in [6, 6.07) is 0. The van der Waals surface area contributed by atoms with Gasteiger partial charge in [0.15, 0.2) is 0 Å². The molecule has 0 saturated heterocycles. The van der Waals surface area contributed by atoms with Gasteiger partial charge in [0.2, 0.25) is 0 Å². The first kappa shape index (κ1) is 8.28. The van der Waals surface area contributed by atoms with Gasteiger partial charge < -0.3 is 4.79 Å². The minimum Gasteiger partial charge on any atom is -0.303 e. The van der Waals surface area contributed by atoms with Gasteiger partial charge in [-0.1, -0.05) is 25.7 Å². The third-order valence-corrected chi connectivity index (χ3v) is 3.48. The van der Waals surface area contributed by atoms with E-state index in [9.17, 15) is 4.79 Å². The highest BCUT2D eigenvalue weighted by Crippen LogP contribution is 2.41. The van der Waals surface area contributed by atoms with Crippen LogP contribution in [0.1, 0.15) is 44.9 Å². The van der Waals surface area contributed by atoms with Crippen molar-refractivity contribution >= 4 is 6.29 Å². The maximum absolute atomic E-state index is 10.8. The van der Waals surface area contributed by atoms with Crippen molar-refractivity contribution in [2.45, 2.75) is 44.9 Å². The molecule has 2 fully saturated rings. The maximum atomic E-state index is 10.8. The first-order valence-corrected chi connectivity index (χ1v) is 5.35. The molecule has 1 nitrogen and oxygen atoms in total. The fourth-order valence-electron chi connectivity index (χ4n) is 2.51. The molecule has 1 heteroatoms. The van der Waals surface area contributed by atoms with Crippen LogP contribution >= 0.6 is 0 Å². The van der Waals surface area contributed by atoms with Crippen molar-refractivity contribution < 1.29 is 4.79 Å². The zero-order valence-corrected chi connectivity index (χ0v) is 7.67. The lowest BCUT2D eigenvalue weighted by Gasteiger charge is -2.13. The predicted molar refractivity (Wildman–Crippen MR) is 48.9 cm³/mol. The summed E-state index contributed by atoms with van der Waals surface area (Å²) in [5.41, 5.74) is 0. The molecule has 12 heavy (non-hydrogen) atoms. The van der Waals surface area contributed by atoms with Crippen molar-refractivity contribution in [2.75, 3.05) is 0 Å². The van der Waals surface area contributed by atoms with E-state index < -0.39 is 0 Å². The van der Waals surface area contributed by atoms with Crippen molar-refractivity contribution in [3.63, 3.8) is 0 Å². The number of rotatable bonds is 4. The quantitative estimate of drug-likeness (QED) is 0.587. The number of carbonyl (C=O) groups is 1. The normalized spacial score (nSPS) is 27.3. The van der Waals surface area contributed by atoms with Gasteiger partial charge in [0.05, 0.1) is 0 Å². The molecule has 0 amide bonds. The Bertz CT molecular complexity index is 154. The monoisotopic (exact) mass is 166 g/mol. The van der Waals surface area contributed by atoms with Crippen LogP contribution in [0.2, 0.25) is 0 Å². The Balaban J connectivity index is 1.78. The molecule has 2 aliphatic rings. The predicted octanol–water partition coefficient (Wildman–Crippen LogP) is 2.79. The Labute approximate surface area is 74.5 Å². The zero-order valence-electron chi connectivity index (χ0n) is 7.67. The second kappa shape index (κ2) is 3.59. The van der Waals surface area contributed by atoms with Gasteiger partial charge in [-0.15, -0.1) is 0 Å². The van der Waals surface area contributed by atoms with Crippen LogP contribution < -0.4 is 0 Å². The lowest BCUT2D eigenvalue weighted by molar-refractivity contribution is -0.112. The molecule has 0 heterocycles. The van der Waals surface area contributed by atoms with Gasteiger partial charge >= 0.3 is 0 Å². The van der Waals surface area contributed by atoms with Gasteiger partial charge in [-0.2, -0.15) is 0 Å². The molecule has 0 N–H and O–H groups in total. The maximum Gasteiger partial charge on any atom is 0.123 e. The van der Waals surface area contributed by atoms with E-state index >= 15 is 0 Å². The van der Waals surface area contributed by atoms with Gasteiger partial charge in [-0.3, -0.25) is 0 Å². The number of carbonyl (C=O) groups excluding carboxylic acids is 1. The van der Waals surface area contributed by atoms with E-state index in [4.69, 9.17) is 0 Å². The lowest BCUT2D eigenvalue weighted by atomic mass is 9.91. The fourth-order valence-corrected chi connectivity index (χ4v) is 2.51. The van der Waals surface area contributed by atoms with Crippen molar-refractivity contribution in [3.8, 4) is 0 Å². The van der Waals surface area contributed by atoms with Crippen molar-refractivity contribution in [1.82, 2.24) is 0 Å². The summed E-state index contributed by atoms with van der Waals surface area (Å²) in [5.74, 6) is 2.09. The first-order valence-electron chi connectivity index (χ1n) is 5.35. The van der Waals surface area contributed by atoms with Crippen LogP contribution in [0.5, 0.6) is 0 Å². The molecule has 0 radical (unpaired) electrons. The average molecular weight is 166 g/mol. The summed E-state index contributed by atoms with van der Waals surface area (Å²) in [5, 5.41) is 0. The van der Waals surface area contributed by atoms with Gasteiger partial charge in [-0.05, 0) is 31.1 Å². The Kier molecular flexibility index (Phi) is 2.48. The highest BCUT2D eigenvalue weighted by molar-refractivity contribution is 5.54. The van der Waals surface area contributed by atoms with Gasteiger partial charge in [0.25, 0.3) is 0 Å². The van der Waals surface area contributed by atoms with Crippen LogP contribution in [0.3, 0.4) is 0 Å². The summed E-state index contributed by atoms with van der Waals surface area (Å²) in [4.78, 5) is 10.8. The Morgan fingerprint density at radius 2 is 1.83 bits per heavy atom. The van der Waals surface area contributed by atoms with E-state index in [0.717, 1.165) is 11.8 Å². The molecule has 2 aliphatic carbocycles. The van der Waals surface area contributed by atoms with Crippen molar-refractivity contribution in [3.05, 3.63) is 0 Å². The fraction of sp³-hybridized carbons (Fsp3) is 0.909. The second-order valence-corrected chi connectivity index (χ2v) is 4.52. The standard InChI is InChI=1S/C11H18O/c12-8-11(10-5-6-10)7-9-3-1-2-4-9/h8-11H,1-7H2. The molecule has 1 atom stereocenters. The van der Waals surface area contributed by atoms with E-state index in [0.29, 0.717) is 5.92 Å². The van der Waals surface area contributed by atoms with E-state index in [-0.39, 0.29) is 0 Å². The van der Waals surface area contributed by atoms with E-state index in [1.54, 1.807) is 0 Å². The molecule has 0 aliphatic heterocycles. The Morgan fingerprint density at radius 1 is 1.17 bits per heavy atom. The van der Waals surface area contributed by atoms with E-state index in [1.807, 2.05) is 0 Å². The summed E-state index contributed by atoms with van der Waals surface area (Å²) in [6.07, 6.45) is 10.6. The molecule has 0 aromatic rings. The average Bonchev–Trinajstić information content (AvgIpc) is 2.80. The molecule has 2 rings (SSSR count). The smallest absolute Gasteiger partial charge is 0.123 e. The largest absolute Gasteiger partial charge is 0.303 e. The van der Waals surface area contributed by atoms with Gasteiger partial charge in [0, 0.05) is 5.92 Å². The lowest BCUT2D eigenvalue weighted by Crippen LogP contribution is -2.09. The zero-order chi connectivity index (χ0) is 8.39. The highest BCUT2D eigenvalue weighted by atomic mass is 16.1. The minimum absolute atomic E-state index is 0.424. The van der Waals surface area contributed by atoms with Crippen LogP contribution in [0.15, 0.2) is 0 Å². The first-order chi connectivity index (χ1) is 5.90. The molecular formula is C11H18O. The molecule has 68 valence electrons. The van der Waals surface area contributed by atoms with Crippen LogP contribution in [-0.2, 0) is 4.79 Å². The molecule has 0 aromatic carbocycles. The highest BCUT2D eigenvalue weighted by Gasteiger charge is 2.32. The Hall–Kier alpha value is -0.330. The molecule has 0 aromatic heterocycles. The van der Waals surface area contributed by atoms with Crippen molar-refractivity contribution in [1.29, 1.82) is 0 Å². The minimum atomic E-state index is 0.424. The van der Waals surface area contributed by atoms with E-state index in [1.165, 1.54) is 51.2 Å². The number of hydrogen-bond acceptors (Lipinski definition) is 1. The second-order valence-electron chi connectivity index (χ2n) is 4.52. The topological polar surface area (TPSA) is 17.1 Å². The van der Waals surface area contributed by atoms with Crippen LogP contribution in [0.4, 0.5) is 0 Å². The molecule has 0 bridgehead atoms. The molecule has 2 saturated carbocycles. The summed E-state index contributed by atoms with van der Waals surface area (Å²) in [6.45, 7) is 0. The summed E-state index contributed by atoms with van der Waals surface area (Å²) < 4.78 is 0. The van der Waals surface area contributed by atoms with Crippen LogP contribution in [0, 0.1) is 17.8 Å². The van der Waals surface area contributed by atoms with Crippen LogP contribution in [0.25, 0.3) is 0 Å². The molecular weight excluding hydrogens is 148 g/mol. The van der Waals surface area contributed by atoms with Crippen molar-refractivity contribution in [2.24, 2.45) is 17.8 Å². The summed E-state index contributed by atoms with van der Waals surface area (Å²) >= 11 is 0. The number of hydrogen-bond donors (Lipinski definition) is 0. The summed E-state index contributed by atoms with van der Waals surface area (Å²) in [7, 11) is 0. The van der Waals surface area contributed by atoms with Gasteiger partial charge in [0.1, 0.15) is 6.29 Å². The Morgan fingerprint density at radius 3 is 2.33 bits per heavy atom. The SMILES string of the molecule is O=CC(CC1CCCC1)C1CC1. The van der Waals surface area contributed by atoms with E-state index in [2.05, 4.69) is 0 Å². The molecule has 0 spiro atoms. The van der Waals surface area contributed by atoms with Crippen LogP contribution in [-0.4, -0.2) is 6.29 Å². The number of aldehydes is 1. The third-order valence-electron chi connectivity index (χ3n) is 3.48. The third kappa shape index (κ3) is 1.88. The molecule has 1 unspecified atom stereocenters.